The Morgan fingerprint density at radius 3 is 2.84 bits per heavy atom. The van der Waals surface area contributed by atoms with Gasteiger partial charge in [-0.25, -0.2) is 4.79 Å². The van der Waals surface area contributed by atoms with E-state index in [-0.39, 0.29) is 5.00 Å². The smallest absolute Gasteiger partial charge is 0.336 e. The summed E-state index contributed by atoms with van der Waals surface area (Å²) in [5.41, 5.74) is 0. The van der Waals surface area contributed by atoms with Crippen molar-refractivity contribution in [1.29, 1.82) is 0 Å². The Morgan fingerprint density at radius 2 is 2.26 bits per heavy atom. The highest BCUT2D eigenvalue weighted by molar-refractivity contribution is 7.12. The molecule has 1 aromatic rings. The number of rotatable bonds is 6. The summed E-state index contributed by atoms with van der Waals surface area (Å²) in [5, 5.41) is 13.3. The summed E-state index contributed by atoms with van der Waals surface area (Å²) in [6.07, 6.45) is 4.46. The van der Waals surface area contributed by atoms with Crippen LogP contribution in [0, 0.1) is 10.1 Å². The molecule has 8 heteroatoms. The van der Waals surface area contributed by atoms with Crippen molar-refractivity contribution in [3.8, 4) is 0 Å². The molecule has 0 spiro atoms. The number of amides is 2. The van der Waals surface area contributed by atoms with E-state index in [1.165, 1.54) is 6.20 Å². The predicted octanol–water partition coefficient (Wildman–Crippen LogP) is 2.28. The maximum Gasteiger partial charge on any atom is 0.343 e. The molecule has 19 heavy (non-hydrogen) atoms. The van der Waals surface area contributed by atoms with Crippen LogP contribution >= 0.6 is 11.3 Å². The van der Waals surface area contributed by atoms with E-state index in [0.29, 0.717) is 17.9 Å². The summed E-state index contributed by atoms with van der Waals surface area (Å²) < 4.78 is 1.67. The number of nitrogens with zero attached hydrogens (tertiary/aromatic N) is 3. The molecule has 0 aliphatic carbocycles. The molecule has 1 heterocycles. The minimum absolute atomic E-state index is 0.000420. The molecular weight excluding hydrogens is 268 g/mol. The third kappa shape index (κ3) is 4.82. The van der Waals surface area contributed by atoms with Gasteiger partial charge < -0.3 is 9.88 Å². The van der Waals surface area contributed by atoms with Gasteiger partial charge in [0.25, 0.3) is 0 Å². The quantitative estimate of drug-likeness (QED) is 0.494. The zero-order valence-electron chi connectivity index (χ0n) is 11.1. The summed E-state index contributed by atoms with van der Waals surface area (Å²) in [4.78, 5) is 26.0. The number of hydrogen-bond donors (Lipinski definition) is 1. The van der Waals surface area contributed by atoms with Crippen LogP contribution in [0.3, 0.4) is 0 Å². The topological polar surface area (TPSA) is 89.5 Å². The number of urea groups is 1. The van der Waals surface area contributed by atoms with Crippen LogP contribution in [-0.4, -0.2) is 22.1 Å². The van der Waals surface area contributed by atoms with E-state index in [0.717, 1.165) is 30.6 Å². The Labute approximate surface area is 115 Å². The van der Waals surface area contributed by atoms with E-state index in [9.17, 15) is 14.9 Å². The predicted molar refractivity (Wildman–Crippen MR) is 73.1 cm³/mol. The summed E-state index contributed by atoms with van der Waals surface area (Å²) >= 11 is 0.916. The molecule has 0 aliphatic heterocycles. The number of aryl methyl sites for hydroxylation is 1. The second-order valence-electron chi connectivity index (χ2n) is 3.96. The number of thiazole rings is 1. The minimum Gasteiger partial charge on any atom is -0.336 e. The summed E-state index contributed by atoms with van der Waals surface area (Å²) in [6.45, 7) is 4.99. The maximum atomic E-state index is 11.4. The molecule has 0 fully saturated rings. The molecule has 0 bridgehead atoms. The van der Waals surface area contributed by atoms with Gasteiger partial charge in [-0.2, -0.15) is 4.99 Å². The van der Waals surface area contributed by atoms with Crippen LogP contribution in [0.15, 0.2) is 11.2 Å². The van der Waals surface area contributed by atoms with Gasteiger partial charge in [-0.3, -0.25) is 10.1 Å². The standard InChI is InChI=1S/C11H18N4O3S/c1-3-5-6-7-14-8-9(15(17)18)19-11(14)13-10(16)12-4-2/h8H,3-7H2,1-2H3,(H,12,16)/b13-11-. The van der Waals surface area contributed by atoms with Gasteiger partial charge in [-0.05, 0) is 24.7 Å². The van der Waals surface area contributed by atoms with Crippen molar-refractivity contribution in [2.45, 2.75) is 39.7 Å². The maximum absolute atomic E-state index is 11.4. The van der Waals surface area contributed by atoms with Gasteiger partial charge in [0, 0.05) is 13.1 Å². The van der Waals surface area contributed by atoms with Crippen LogP contribution in [0.25, 0.3) is 0 Å². The van der Waals surface area contributed by atoms with Crippen molar-refractivity contribution in [2.24, 2.45) is 4.99 Å². The zero-order valence-corrected chi connectivity index (χ0v) is 11.9. The molecule has 1 aromatic heterocycles. The Hall–Kier alpha value is -1.70. The molecule has 1 N–H and O–H groups in total. The molecule has 0 radical (unpaired) electrons. The van der Waals surface area contributed by atoms with Crippen LogP contribution in [0.2, 0.25) is 0 Å². The molecule has 0 aliphatic rings. The molecule has 2 amide bonds. The molecule has 0 unspecified atom stereocenters. The fourth-order valence-electron chi connectivity index (χ4n) is 1.51. The molecule has 0 aromatic carbocycles. The highest BCUT2D eigenvalue weighted by atomic mass is 32.1. The zero-order chi connectivity index (χ0) is 14.3. The number of unbranched alkanes of at least 4 members (excludes halogenated alkanes) is 2. The van der Waals surface area contributed by atoms with Crippen molar-refractivity contribution in [3.63, 3.8) is 0 Å². The molecule has 0 saturated carbocycles. The molecule has 0 atom stereocenters. The van der Waals surface area contributed by atoms with Gasteiger partial charge in [-0.1, -0.05) is 19.8 Å². The molecule has 1 rings (SSSR count). The second kappa shape index (κ2) is 7.67. The third-order valence-corrected chi connectivity index (χ3v) is 3.39. The summed E-state index contributed by atoms with van der Waals surface area (Å²) in [6, 6.07) is -0.469. The number of nitrogens with one attached hydrogen (secondary N) is 1. The SMILES string of the molecule is CCCCCn1cc([N+](=O)[O-])s/c1=N\C(=O)NCC. The van der Waals surface area contributed by atoms with Crippen molar-refractivity contribution in [3.05, 3.63) is 21.1 Å². The van der Waals surface area contributed by atoms with Crippen molar-refractivity contribution < 1.29 is 9.72 Å². The minimum atomic E-state index is -0.469. The summed E-state index contributed by atoms with van der Waals surface area (Å²) in [5.74, 6) is 0. The average Bonchev–Trinajstić information content (AvgIpc) is 2.73. The lowest BCUT2D eigenvalue weighted by Crippen LogP contribution is -2.24. The van der Waals surface area contributed by atoms with Crippen molar-refractivity contribution in [2.75, 3.05) is 6.54 Å². The number of carbonyl (C=O) groups is 1. The lowest BCUT2D eigenvalue weighted by Gasteiger charge is -2.00. The Kier molecular flexibility index (Phi) is 6.20. The monoisotopic (exact) mass is 286 g/mol. The van der Waals surface area contributed by atoms with Crippen LogP contribution in [-0.2, 0) is 6.54 Å². The second-order valence-corrected chi connectivity index (χ2v) is 4.94. The lowest BCUT2D eigenvalue weighted by atomic mass is 10.2. The highest BCUT2D eigenvalue weighted by Gasteiger charge is 2.12. The number of nitro groups is 1. The summed E-state index contributed by atoms with van der Waals surface area (Å²) in [7, 11) is 0. The first-order valence-corrected chi connectivity index (χ1v) is 7.07. The van der Waals surface area contributed by atoms with Crippen LogP contribution in [0.5, 0.6) is 0 Å². The number of aromatic nitrogens is 1. The van der Waals surface area contributed by atoms with Gasteiger partial charge in [-0.15, -0.1) is 0 Å². The van der Waals surface area contributed by atoms with E-state index in [1.807, 2.05) is 0 Å². The molecule has 0 saturated heterocycles. The van der Waals surface area contributed by atoms with Gasteiger partial charge in [0.15, 0.2) is 0 Å². The van der Waals surface area contributed by atoms with Gasteiger partial charge in [0.1, 0.15) is 0 Å². The Balaban J connectivity index is 2.98. The third-order valence-electron chi connectivity index (χ3n) is 2.42. The van der Waals surface area contributed by atoms with Crippen molar-refractivity contribution >= 4 is 22.4 Å². The van der Waals surface area contributed by atoms with E-state index < -0.39 is 11.0 Å². The first-order valence-electron chi connectivity index (χ1n) is 6.25. The fourth-order valence-corrected chi connectivity index (χ4v) is 2.34. The van der Waals surface area contributed by atoms with E-state index in [2.05, 4.69) is 17.2 Å². The van der Waals surface area contributed by atoms with Crippen LogP contribution in [0.1, 0.15) is 33.1 Å². The first kappa shape index (κ1) is 15.4. The Morgan fingerprint density at radius 1 is 1.53 bits per heavy atom. The largest absolute Gasteiger partial charge is 0.343 e. The van der Waals surface area contributed by atoms with Crippen LogP contribution in [0.4, 0.5) is 9.80 Å². The van der Waals surface area contributed by atoms with Gasteiger partial charge in [0.05, 0.1) is 11.1 Å². The Bertz CT molecular complexity index is 506. The molecular formula is C11H18N4O3S. The number of hydrogen-bond acceptors (Lipinski definition) is 4. The normalized spacial score (nSPS) is 11.6. The van der Waals surface area contributed by atoms with Gasteiger partial charge >= 0.3 is 11.0 Å². The van der Waals surface area contributed by atoms with E-state index in [4.69, 9.17) is 0 Å². The van der Waals surface area contributed by atoms with E-state index >= 15 is 0 Å². The van der Waals surface area contributed by atoms with E-state index in [1.54, 1.807) is 11.5 Å². The van der Waals surface area contributed by atoms with Crippen LogP contribution < -0.4 is 10.1 Å². The molecule has 106 valence electrons. The average molecular weight is 286 g/mol. The van der Waals surface area contributed by atoms with Gasteiger partial charge in [0.2, 0.25) is 4.80 Å². The lowest BCUT2D eigenvalue weighted by molar-refractivity contribution is -0.380. The highest BCUT2D eigenvalue weighted by Crippen LogP contribution is 2.14. The number of carbonyl (C=O) groups excluding carboxylic acids is 1. The van der Waals surface area contributed by atoms with Crippen molar-refractivity contribution in [1.82, 2.24) is 9.88 Å². The molecule has 7 nitrogen and oxygen atoms in total. The fraction of sp³-hybridized carbons (Fsp3) is 0.636. The first-order chi connectivity index (χ1) is 9.08.